The van der Waals surface area contributed by atoms with Crippen LogP contribution in [-0.2, 0) is 6.54 Å². The molecule has 2 heterocycles. The number of rotatable bonds is 3. The van der Waals surface area contributed by atoms with E-state index in [0.717, 1.165) is 6.04 Å². The minimum absolute atomic E-state index is 0.725. The molecule has 1 aromatic rings. The molecule has 0 amide bonds. The summed E-state index contributed by atoms with van der Waals surface area (Å²) >= 11 is 0. The van der Waals surface area contributed by atoms with Gasteiger partial charge in [0.15, 0.2) is 6.04 Å². The molecule has 0 saturated carbocycles. The standard InChI is InChI=1S/C17H27N3/c1-3-6-19-7-9-20(10-8-19)17-13-18-12-15-11-14(2)4-5-16(15)17/h4-5,11,17-18H,3,6-10,12-13H2,1-2H3/p+3/t17-/m1/s1. The van der Waals surface area contributed by atoms with Gasteiger partial charge in [-0.05, 0) is 19.4 Å². The first kappa shape index (κ1) is 14.1. The van der Waals surface area contributed by atoms with Gasteiger partial charge in [0, 0.05) is 11.1 Å². The first-order valence-corrected chi connectivity index (χ1v) is 8.37. The van der Waals surface area contributed by atoms with Crippen LogP contribution in [0.1, 0.15) is 36.1 Å². The maximum absolute atomic E-state index is 2.50. The zero-order chi connectivity index (χ0) is 13.9. The summed E-state index contributed by atoms with van der Waals surface area (Å²) in [5, 5.41) is 2.50. The highest BCUT2D eigenvalue weighted by atomic mass is 15.3. The van der Waals surface area contributed by atoms with Crippen molar-refractivity contribution < 1.29 is 15.1 Å². The molecule has 1 fully saturated rings. The molecule has 0 aliphatic carbocycles. The van der Waals surface area contributed by atoms with E-state index in [0.29, 0.717) is 0 Å². The first-order chi connectivity index (χ1) is 9.78. The third-order valence-corrected chi connectivity index (χ3v) is 5.14. The number of quaternary nitrogens is 3. The van der Waals surface area contributed by atoms with Crippen molar-refractivity contribution in [3.63, 3.8) is 0 Å². The highest BCUT2D eigenvalue weighted by molar-refractivity contribution is 5.33. The Kier molecular flexibility index (Phi) is 4.39. The highest BCUT2D eigenvalue weighted by Gasteiger charge is 2.34. The molecule has 1 atom stereocenters. The summed E-state index contributed by atoms with van der Waals surface area (Å²) in [5.74, 6) is 0. The molecule has 0 radical (unpaired) electrons. The smallest absolute Gasteiger partial charge is 0.163 e. The second-order valence-corrected chi connectivity index (χ2v) is 6.64. The average Bonchev–Trinajstić information content (AvgIpc) is 2.47. The van der Waals surface area contributed by atoms with Crippen molar-refractivity contribution in [2.45, 2.75) is 32.9 Å². The lowest BCUT2D eigenvalue weighted by Gasteiger charge is -2.36. The summed E-state index contributed by atoms with van der Waals surface area (Å²) in [5.41, 5.74) is 4.62. The summed E-state index contributed by atoms with van der Waals surface area (Å²) in [6.45, 7) is 13.7. The van der Waals surface area contributed by atoms with Crippen molar-refractivity contribution in [1.82, 2.24) is 0 Å². The summed E-state index contributed by atoms with van der Waals surface area (Å²) in [4.78, 5) is 3.64. The SMILES string of the molecule is CCC[NH+]1CC[NH+]([C@@H]2C[NH2+]Cc3cc(C)ccc32)CC1. The quantitative estimate of drug-likeness (QED) is 0.587. The summed E-state index contributed by atoms with van der Waals surface area (Å²) in [7, 11) is 0. The van der Waals surface area contributed by atoms with Crippen LogP contribution < -0.4 is 15.1 Å². The molecule has 2 aliphatic rings. The molecule has 3 heteroatoms. The Morgan fingerprint density at radius 1 is 1.20 bits per heavy atom. The predicted octanol–water partition coefficient (Wildman–Crippen LogP) is -1.69. The van der Waals surface area contributed by atoms with Crippen LogP contribution in [-0.4, -0.2) is 39.3 Å². The molecule has 0 bridgehead atoms. The molecular formula is C17H30N3+3. The Labute approximate surface area is 123 Å². The monoisotopic (exact) mass is 276 g/mol. The first-order valence-electron chi connectivity index (χ1n) is 8.37. The molecule has 0 unspecified atom stereocenters. The van der Waals surface area contributed by atoms with Gasteiger partial charge in [0.25, 0.3) is 0 Å². The van der Waals surface area contributed by atoms with E-state index in [1.165, 1.54) is 57.8 Å². The number of aryl methyl sites for hydroxylation is 1. The van der Waals surface area contributed by atoms with E-state index < -0.39 is 0 Å². The molecule has 1 aromatic carbocycles. The second kappa shape index (κ2) is 6.25. The molecule has 2 aliphatic heterocycles. The zero-order valence-electron chi connectivity index (χ0n) is 13.0. The Morgan fingerprint density at radius 2 is 2.00 bits per heavy atom. The molecule has 3 nitrogen and oxygen atoms in total. The Morgan fingerprint density at radius 3 is 2.75 bits per heavy atom. The summed E-state index contributed by atoms with van der Waals surface area (Å²) in [6, 6.07) is 7.83. The van der Waals surface area contributed by atoms with Crippen LogP contribution in [0.3, 0.4) is 0 Å². The minimum atomic E-state index is 0.725. The molecule has 4 N–H and O–H groups in total. The largest absolute Gasteiger partial charge is 0.337 e. The van der Waals surface area contributed by atoms with Gasteiger partial charge in [-0.3, -0.25) is 0 Å². The maximum Gasteiger partial charge on any atom is 0.163 e. The van der Waals surface area contributed by atoms with Crippen LogP contribution >= 0.6 is 0 Å². The van der Waals surface area contributed by atoms with Crippen LogP contribution in [0.5, 0.6) is 0 Å². The van der Waals surface area contributed by atoms with Crippen molar-refractivity contribution in [3.8, 4) is 0 Å². The number of hydrogen-bond acceptors (Lipinski definition) is 0. The second-order valence-electron chi connectivity index (χ2n) is 6.64. The van der Waals surface area contributed by atoms with Gasteiger partial charge in [0.05, 0.1) is 6.54 Å². The van der Waals surface area contributed by atoms with Crippen LogP contribution in [0.4, 0.5) is 0 Å². The maximum atomic E-state index is 2.50. The van der Waals surface area contributed by atoms with Crippen molar-refractivity contribution in [2.24, 2.45) is 0 Å². The number of fused-ring (bicyclic) bond motifs is 1. The van der Waals surface area contributed by atoms with E-state index in [2.05, 4.69) is 37.4 Å². The van der Waals surface area contributed by atoms with E-state index in [1.807, 2.05) is 9.80 Å². The fourth-order valence-corrected chi connectivity index (χ4v) is 4.05. The summed E-state index contributed by atoms with van der Waals surface area (Å²) in [6.07, 6.45) is 1.32. The molecular weight excluding hydrogens is 246 g/mol. The highest BCUT2D eigenvalue weighted by Crippen LogP contribution is 2.18. The number of nitrogens with two attached hydrogens (primary N) is 1. The minimum Gasteiger partial charge on any atom is -0.337 e. The van der Waals surface area contributed by atoms with Gasteiger partial charge in [0.1, 0.15) is 39.3 Å². The molecule has 0 spiro atoms. The molecule has 3 rings (SSSR count). The fraction of sp³-hybridized carbons (Fsp3) is 0.647. The van der Waals surface area contributed by atoms with E-state index in [4.69, 9.17) is 0 Å². The average molecular weight is 276 g/mol. The Bertz CT molecular complexity index is 450. The van der Waals surface area contributed by atoms with Crippen LogP contribution in [0.2, 0.25) is 0 Å². The van der Waals surface area contributed by atoms with Crippen LogP contribution in [0, 0.1) is 6.92 Å². The lowest BCUT2D eigenvalue weighted by Crippen LogP contribution is -3.29. The molecule has 110 valence electrons. The van der Waals surface area contributed by atoms with Gasteiger partial charge in [-0.15, -0.1) is 0 Å². The predicted molar refractivity (Wildman–Crippen MR) is 81.0 cm³/mol. The van der Waals surface area contributed by atoms with Crippen molar-refractivity contribution in [3.05, 3.63) is 34.9 Å². The van der Waals surface area contributed by atoms with Crippen LogP contribution in [0.25, 0.3) is 0 Å². The van der Waals surface area contributed by atoms with E-state index in [1.54, 1.807) is 11.1 Å². The Balaban J connectivity index is 1.70. The number of hydrogen-bond donors (Lipinski definition) is 3. The van der Waals surface area contributed by atoms with Crippen LogP contribution in [0.15, 0.2) is 18.2 Å². The molecule has 20 heavy (non-hydrogen) atoms. The lowest BCUT2D eigenvalue weighted by atomic mass is 9.93. The van der Waals surface area contributed by atoms with Crippen molar-refractivity contribution in [1.29, 1.82) is 0 Å². The van der Waals surface area contributed by atoms with Gasteiger partial charge in [-0.2, -0.15) is 0 Å². The number of piperazine rings is 1. The van der Waals surface area contributed by atoms with Gasteiger partial charge < -0.3 is 15.1 Å². The van der Waals surface area contributed by atoms with Crippen molar-refractivity contribution in [2.75, 3.05) is 39.3 Å². The third-order valence-electron chi connectivity index (χ3n) is 5.14. The Hall–Kier alpha value is -0.900. The van der Waals surface area contributed by atoms with E-state index >= 15 is 0 Å². The van der Waals surface area contributed by atoms with Crippen molar-refractivity contribution >= 4 is 0 Å². The normalized spacial score (nSPS) is 30.0. The van der Waals surface area contributed by atoms with Gasteiger partial charge in [-0.25, -0.2) is 0 Å². The number of benzene rings is 1. The fourth-order valence-electron chi connectivity index (χ4n) is 4.05. The molecule has 1 saturated heterocycles. The number of nitrogens with one attached hydrogen (secondary N) is 2. The topological polar surface area (TPSA) is 25.5 Å². The van der Waals surface area contributed by atoms with E-state index in [-0.39, 0.29) is 0 Å². The van der Waals surface area contributed by atoms with Gasteiger partial charge in [0.2, 0.25) is 0 Å². The van der Waals surface area contributed by atoms with E-state index in [9.17, 15) is 0 Å². The summed E-state index contributed by atoms with van der Waals surface area (Å²) < 4.78 is 0. The third kappa shape index (κ3) is 2.90. The molecule has 0 aromatic heterocycles. The lowest BCUT2D eigenvalue weighted by molar-refractivity contribution is -1.03. The van der Waals surface area contributed by atoms with Gasteiger partial charge >= 0.3 is 0 Å². The van der Waals surface area contributed by atoms with Gasteiger partial charge in [-0.1, -0.05) is 24.6 Å². The zero-order valence-corrected chi connectivity index (χ0v) is 13.0.